The third kappa shape index (κ3) is 5.06. The first-order valence-corrected chi connectivity index (χ1v) is 8.63. The maximum absolute atomic E-state index is 5.46. The summed E-state index contributed by atoms with van der Waals surface area (Å²) in [5.41, 5.74) is 1.24. The number of hydrogen-bond donors (Lipinski definition) is 0. The van der Waals surface area contributed by atoms with Gasteiger partial charge >= 0.3 is 0 Å². The molecule has 1 aromatic heterocycles. The lowest BCUT2D eigenvalue weighted by molar-refractivity contribution is 0.174. The molecule has 3 heterocycles. The molecule has 0 spiro atoms. The average molecular weight is 415 g/mol. The average Bonchev–Trinajstić information content (AvgIpc) is 3.11. The van der Waals surface area contributed by atoms with E-state index in [-0.39, 0.29) is 24.8 Å². The summed E-state index contributed by atoms with van der Waals surface area (Å²) in [6, 6.07) is 7.96. The molecular formula is C18H24Cl2N4O3. The minimum Gasteiger partial charge on any atom is -0.478 e. The number of aromatic nitrogens is 2. The van der Waals surface area contributed by atoms with Crippen LogP contribution < -0.4 is 19.1 Å². The van der Waals surface area contributed by atoms with Gasteiger partial charge in [0.1, 0.15) is 0 Å². The molecule has 2 aliphatic rings. The summed E-state index contributed by atoms with van der Waals surface area (Å²) in [6.07, 6.45) is 1.76. The van der Waals surface area contributed by atoms with Gasteiger partial charge in [-0.2, -0.15) is 4.98 Å². The summed E-state index contributed by atoms with van der Waals surface area (Å²) < 4.78 is 16.3. The van der Waals surface area contributed by atoms with E-state index in [1.54, 1.807) is 12.3 Å². The Morgan fingerprint density at radius 1 is 1.04 bits per heavy atom. The van der Waals surface area contributed by atoms with Gasteiger partial charge in [-0.1, -0.05) is 6.07 Å². The first kappa shape index (κ1) is 21.3. The molecule has 27 heavy (non-hydrogen) atoms. The van der Waals surface area contributed by atoms with E-state index in [1.165, 1.54) is 5.56 Å². The van der Waals surface area contributed by atoms with Gasteiger partial charge in [-0.3, -0.25) is 4.90 Å². The van der Waals surface area contributed by atoms with E-state index in [1.807, 2.05) is 13.0 Å². The molecule has 1 fully saturated rings. The number of piperazine rings is 1. The summed E-state index contributed by atoms with van der Waals surface area (Å²) in [5.74, 6) is 3.06. The van der Waals surface area contributed by atoms with Gasteiger partial charge in [0.2, 0.25) is 18.6 Å². The molecule has 4 rings (SSSR count). The largest absolute Gasteiger partial charge is 0.478 e. The molecule has 0 atom stereocenters. The van der Waals surface area contributed by atoms with Crippen LogP contribution in [0.3, 0.4) is 0 Å². The van der Waals surface area contributed by atoms with Gasteiger partial charge in [0, 0.05) is 45.0 Å². The molecule has 9 heteroatoms. The van der Waals surface area contributed by atoms with Crippen LogP contribution in [0.4, 0.5) is 5.95 Å². The quantitative estimate of drug-likeness (QED) is 0.744. The van der Waals surface area contributed by atoms with E-state index < -0.39 is 0 Å². The van der Waals surface area contributed by atoms with Gasteiger partial charge < -0.3 is 19.1 Å². The van der Waals surface area contributed by atoms with Crippen LogP contribution in [0, 0.1) is 0 Å². The smallest absolute Gasteiger partial charge is 0.231 e. The normalized spacial score (nSPS) is 15.7. The summed E-state index contributed by atoms with van der Waals surface area (Å²) in [6.45, 7) is 7.53. The number of halogens is 2. The molecule has 7 nitrogen and oxygen atoms in total. The number of fused-ring (bicyclic) bond motifs is 1. The molecule has 0 N–H and O–H groups in total. The van der Waals surface area contributed by atoms with Crippen molar-refractivity contribution in [1.29, 1.82) is 0 Å². The van der Waals surface area contributed by atoms with Gasteiger partial charge in [-0.25, -0.2) is 4.98 Å². The maximum Gasteiger partial charge on any atom is 0.231 e. The van der Waals surface area contributed by atoms with Gasteiger partial charge in [0.25, 0.3) is 0 Å². The number of anilines is 1. The number of benzene rings is 1. The summed E-state index contributed by atoms with van der Waals surface area (Å²) in [7, 11) is 0. The van der Waals surface area contributed by atoms with Gasteiger partial charge in [-0.15, -0.1) is 24.8 Å². The highest BCUT2D eigenvalue weighted by Gasteiger charge is 2.20. The van der Waals surface area contributed by atoms with Crippen molar-refractivity contribution in [2.24, 2.45) is 0 Å². The Balaban J connectivity index is 0.00000131. The number of nitrogens with zero attached hydrogens (tertiary/aromatic N) is 4. The van der Waals surface area contributed by atoms with E-state index in [9.17, 15) is 0 Å². The van der Waals surface area contributed by atoms with Crippen molar-refractivity contribution in [3.8, 4) is 17.4 Å². The van der Waals surface area contributed by atoms with Crippen molar-refractivity contribution in [2.45, 2.75) is 13.5 Å². The standard InChI is InChI=1S/C18H22N4O3.2ClH/c1-2-23-17-5-6-19-18(20-17)22-9-7-21(8-10-22)12-14-3-4-15-16(11-14)25-13-24-15;;/h3-6,11H,2,7-10,12-13H2,1H3;2*1H. The minimum atomic E-state index is 0. The number of rotatable bonds is 5. The monoisotopic (exact) mass is 414 g/mol. The Labute approximate surface area is 171 Å². The second-order valence-electron chi connectivity index (χ2n) is 6.08. The zero-order chi connectivity index (χ0) is 17.1. The van der Waals surface area contributed by atoms with Crippen LogP contribution in [0.2, 0.25) is 0 Å². The van der Waals surface area contributed by atoms with Gasteiger partial charge in [0.15, 0.2) is 11.5 Å². The molecule has 1 aromatic carbocycles. The van der Waals surface area contributed by atoms with E-state index in [0.717, 1.165) is 50.2 Å². The lowest BCUT2D eigenvalue weighted by Crippen LogP contribution is -2.46. The fourth-order valence-corrected chi connectivity index (χ4v) is 3.12. The third-order valence-corrected chi connectivity index (χ3v) is 4.41. The first-order valence-electron chi connectivity index (χ1n) is 8.63. The SMILES string of the molecule is CCOc1ccnc(N2CCN(Cc3ccc4c(c3)OCO4)CC2)n1.Cl.Cl. The Hall–Kier alpha value is -1.96. The number of hydrogen-bond acceptors (Lipinski definition) is 7. The molecule has 0 bridgehead atoms. The van der Waals surface area contributed by atoms with Crippen molar-refractivity contribution < 1.29 is 14.2 Å². The lowest BCUT2D eigenvalue weighted by atomic mass is 10.1. The molecule has 1 saturated heterocycles. The Morgan fingerprint density at radius 2 is 1.81 bits per heavy atom. The molecule has 0 amide bonds. The van der Waals surface area contributed by atoms with Crippen LogP contribution in [0.15, 0.2) is 30.5 Å². The van der Waals surface area contributed by atoms with Crippen LogP contribution in [-0.2, 0) is 6.54 Å². The third-order valence-electron chi connectivity index (χ3n) is 4.41. The van der Waals surface area contributed by atoms with Gasteiger partial charge in [0.05, 0.1) is 6.61 Å². The predicted molar refractivity (Wildman–Crippen MR) is 108 cm³/mol. The van der Waals surface area contributed by atoms with Crippen molar-refractivity contribution >= 4 is 30.8 Å². The van der Waals surface area contributed by atoms with E-state index >= 15 is 0 Å². The Bertz CT molecular complexity index is 742. The van der Waals surface area contributed by atoms with Crippen molar-refractivity contribution in [1.82, 2.24) is 14.9 Å². The molecular weight excluding hydrogens is 391 g/mol. The molecule has 2 aliphatic heterocycles. The van der Waals surface area contributed by atoms with Gasteiger partial charge in [-0.05, 0) is 24.6 Å². The van der Waals surface area contributed by atoms with Crippen LogP contribution in [0.25, 0.3) is 0 Å². The molecule has 0 radical (unpaired) electrons. The van der Waals surface area contributed by atoms with Crippen molar-refractivity contribution in [3.05, 3.63) is 36.0 Å². The Morgan fingerprint density at radius 3 is 2.59 bits per heavy atom. The maximum atomic E-state index is 5.46. The highest BCUT2D eigenvalue weighted by molar-refractivity contribution is 5.85. The van der Waals surface area contributed by atoms with Crippen LogP contribution >= 0.6 is 24.8 Å². The fourth-order valence-electron chi connectivity index (χ4n) is 3.12. The Kier molecular flexibility index (Phi) is 7.77. The van der Waals surface area contributed by atoms with Crippen LogP contribution in [-0.4, -0.2) is 54.4 Å². The van der Waals surface area contributed by atoms with E-state index in [2.05, 4.69) is 31.9 Å². The molecule has 148 valence electrons. The highest BCUT2D eigenvalue weighted by atomic mass is 35.5. The summed E-state index contributed by atoms with van der Waals surface area (Å²) in [4.78, 5) is 13.5. The number of ether oxygens (including phenoxy) is 3. The van der Waals surface area contributed by atoms with Crippen molar-refractivity contribution in [2.75, 3.05) is 44.5 Å². The lowest BCUT2D eigenvalue weighted by Gasteiger charge is -2.34. The van der Waals surface area contributed by atoms with Crippen LogP contribution in [0.1, 0.15) is 12.5 Å². The van der Waals surface area contributed by atoms with E-state index in [4.69, 9.17) is 14.2 Å². The zero-order valence-corrected chi connectivity index (χ0v) is 16.8. The van der Waals surface area contributed by atoms with E-state index in [0.29, 0.717) is 19.3 Å². The fraction of sp³-hybridized carbons (Fsp3) is 0.444. The molecule has 0 saturated carbocycles. The summed E-state index contributed by atoms with van der Waals surface area (Å²) in [5, 5.41) is 0. The van der Waals surface area contributed by atoms with Crippen LogP contribution in [0.5, 0.6) is 17.4 Å². The van der Waals surface area contributed by atoms with Crippen molar-refractivity contribution in [3.63, 3.8) is 0 Å². The predicted octanol–water partition coefficient (Wildman–Crippen LogP) is 2.77. The summed E-state index contributed by atoms with van der Waals surface area (Å²) >= 11 is 0. The minimum absolute atomic E-state index is 0. The topological polar surface area (TPSA) is 60.0 Å². The first-order chi connectivity index (χ1) is 12.3. The second-order valence-corrected chi connectivity index (χ2v) is 6.08. The molecule has 2 aromatic rings. The highest BCUT2D eigenvalue weighted by Crippen LogP contribution is 2.32. The zero-order valence-electron chi connectivity index (χ0n) is 15.2. The second kappa shape index (κ2) is 9.82. The molecule has 0 aliphatic carbocycles. The molecule has 0 unspecified atom stereocenters.